The number of thioether (sulfide) groups is 1. The molecule has 2 N–H and O–H groups in total. The maximum atomic E-state index is 12.0. The minimum atomic E-state index is -0.903. The van der Waals surface area contributed by atoms with Gasteiger partial charge >= 0.3 is 12.0 Å². The van der Waals surface area contributed by atoms with Gasteiger partial charge in [0, 0.05) is 24.9 Å². The van der Waals surface area contributed by atoms with Gasteiger partial charge in [-0.2, -0.15) is 11.8 Å². The topological polar surface area (TPSA) is 78.9 Å². The van der Waals surface area contributed by atoms with Gasteiger partial charge in [-0.3, -0.25) is 4.79 Å². The van der Waals surface area contributed by atoms with Crippen LogP contribution < -0.4 is 5.32 Å². The van der Waals surface area contributed by atoms with Crippen LogP contribution in [0.2, 0.25) is 0 Å². The lowest BCUT2D eigenvalue weighted by atomic mass is 10.2. The van der Waals surface area contributed by atoms with Crippen LogP contribution in [-0.2, 0) is 9.53 Å². The number of carbonyl (C=O) groups is 2. The Morgan fingerprint density at radius 3 is 2.95 bits per heavy atom. The SMILES string of the molecule is CCSCC(C)NC(=O)N1CCOC(CC(=O)O)C1. The fourth-order valence-electron chi connectivity index (χ4n) is 1.86. The van der Waals surface area contributed by atoms with Crippen LogP contribution in [0.25, 0.3) is 0 Å². The molecule has 2 atom stereocenters. The van der Waals surface area contributed by atoms with Gasteiger partial charge in [-0.05, 0) is 12.7 Å². The summed E-state index contributed by atoms with van der Waals surface area (Å²) >= 11 is 1.78. The highest BCUT2D eigenvalue weighted by atomic mass is 32.2. The maximum absolute atomic E-state index is 12.0. The summed E-state index contributed by atoms with van der Waals surface area (Å²) in [5.41, 5.74) is 0. The number of ether oxygens (including phenoxy) is 1. The number of nitrogens with zero attached hydrogens (tertiary/aromatic N) is 1. The zero-order valence-electron chi connectivity index (χ0n) is 11.4. The van der Waals surface area contributed by atoms with E-state index in [1.54, 1.807) is 16.7 Å². The van der Waals surface area contributed by atoms with E-state index in [4.69, 9.17) is 9.84 Å². The van der Waals surface area contributed by atoms with E-state index in [0.717, 1.165) is 11.5 Å². The first kappa shape index (κ1) is 16.1. The Kier molecular flexibility index (Phi) is 7.01. The van der Waals surface area contributed by atoms with Crippen molar-refractivity contribution in [1.29, 1.82) is 0 Å². The minimum Gasteiger partial charge on any atom is -0.481 e. The molecule has 1 fully saturated rings. The van der Waals surface area contributed by atoms with E-state index in [9.17, 15) is 9.59 Å². The number of hydrogen-bond donors (Lipinski definition) is 2. The second-order valence-corrected chi connectivity index (χ2v) is 5.87. The molecule has 2 amide bonds. The Labute approximate surface area is 117 Å². The van der Waals surface area contributed by atoms with E-state index in [0.29, 0.717) is 19.7 Å². The molecular weight excluding hydrogens is 268 g/mol. The van der Waals surface area contributed by atoms with Crippen molar-refractivity contribution in [2.24, 2.45) is 0 Å². The summed E-state index contributed by atoms with van der Waals surface area (Å²) in [6, 6.07) is -0.0267. The molecule has 1 heterocycles. The van der Waals surface area contributed by atoms with Crippen LogP contribution in [0.5, 0.6) is 0 Å². The van der Waals surface area contributed by atoms with E-state index in [1.165, 1.54) is 0 Å². The van der Waals surface area contributed by atoms with Crippen molar-refractivity contribution in [3.05, 3.63) is 0 Å². The van der Waals surface area contributed by atoms with Gasteiger partial charge in [-0.15, -0.1) is 0 Å². The van der Waals surface area contributed by atoms with Crippen molar-refractivity contribution in [2.75, 3.05) is 31.2 Å². The van der Waals surface area contributed by atoms with Crippen LogP contribution >= 0.6 is 11.8 Å². The molecule has 0 aromatic heterocycles. The van der Waals surface area contributed by atoms with E-state index >= 15 is 0 Å². The van der Waals surface area contributed by atoms with Gasteiger partial charge in [-0.1, -0.05) is 6.92 Å². The molecule has 110 valence electrons. The number of rotatable bonds is 6. The molecule has 1 aliphatic rings. The van der Waals surface area contributed by atoms with Crippen LogP contribution in [0.1, 0.15) is 20.3 Å². The third-order valence-electron chi connectivity index (χ3n) is 2.77. The second kappa shape index (κ2) is 8.27. The highest BCUT2D eigenvalue weighted by Crippen LogP contribution is 2.09. The molecule has 7 heteroatoms. The van der Waals surface area contributed by atoms with Gasteiger partial charge in [-0.25, -0.2) is 4.79 Å². The number of nitrogens with one attached hydrogen (secondary N) is 1. The lowest BCUT2D eigenvalue weighted by Crippen LogP contribution is -2.52. The summed E-state index contributed by atoms with van der Waals surface area (Å²) in [7, 11) is 0. The third-order valence-corrected chi connectivity index (χ3v) is 3.91. The summed E-state index contributed by atoms with van der Waals surface area (Å²) in [6.45, 7) is 5.29. The van der Waals surface area contributed by atoms with Crippen LogP contribution in [-0.4, -0.2) is 65.4 Å². The average Bonchev–Trinajstić information content (AvgIpc) is 2.35. The Morgan fingerprint density at radius 1 is 1.58 bits per heavy atom. The minimum absolute atomic E-state index is 0.0645. The fourth-order valence-corrected chi connectivity index (χ4v) is 2.53. The second-order valence-electron chi connectivity index (χ2n) is 4.55. The molecule has 2 unspecified atom stereocenters. The number of carboxylic acid groups (broad SMARTS) is 1. The Bertz CT molecular complexity index is 314. The standard InChI is InChI=1S/C12H22N2O4S/c1-3-19-8-9(2)13-12(17)14-4-5-18-10(7-14)6-11(15)16/h9-10H,3-8H2,1-2H3,(H,13,17)(H,15,16). The number of amides is 2. The first-order chi connectivity index (χ1) is 9.02. The number of morpholine rings is 1. The van der Waals surface area contributed by atoms with Gasteiger partial charge in [0.15, 0.2) is 0 Å². The predicted molar refractivity (Wildman–Crippen MR) is 74.6 cm³/mol. The quantitative estimate of drug-likeness (QED) is 0.763. The highest BCUT2D eigenvalue weighted by Gasteiger charge is 2.26. The predicted octanol–water partition coefficient (Wildman–Crippen LogP) is 1.01. The zero-order valence-corrected chi connectivity index (χ0v) is 12.2. The van der Waals surface area contributed by atoms with Gasteiger partial charge < -0.3 is 20.1 Å². The van der Waals surface area contributed by atoms with E-state index < -0.39 is 12.1 Å². The van der Waals surface area contributed by atoms with E-state index in [-0.39, 0.29) is 18.5 Å². The molecule has 0 radical (unpaired) electrons. The normalized spacial score (nSPS) is 20.9. The first-order valence-electron chi connectivity index (χ1n) is 6.49. The molecule has 6 nitrogen and oxygen atoms in total. The summed E-state index contributed by atoms with van der Waals surface area (Å²) in [5, 5.41) is 11.7. The molecule has 0 aliphatic carbocycles. The smallest absolute Gasteiger partial charge is 0.317 e. The molecule has 1 aliphatic heterocycles. The maximum Gasteiger partial charge on any atom is 0.317 e. The van der Waals surface area contributed by atoms with E-state index in [2.05, 4.69) is 12.2 Å². The molecule has 1 rings (SSSR count). The number of carboxylic acids is 1. The lowest BCUT2D eigenvalue weighted by Gasteiger charge is -2.33. The van der Waals surface area contributed by atoms with Crippen LogP contribution in [0.15, 0.2) is 0 Å². The Balaban J connectivity index is 2.37. The molecule has 0 bridgehead atoms. The zero-order chi connectivity index (χ0) is 14.3. The highest BCUT2D eigenvalue weighted by molar-refractivity contribution is 7.99. The molecule has 1 saturated heterocycles. The van der Waals surface area contributed by atoms with Gasteiger partial charge in [0.05, 0.1) is 19.1 Å². The molecule has 0 aromatic rings. The third kappa shape index (κ3) is 6.15. The van der Waals surface area contributed by atoms with Gasteiger partial charge in [0.25, 0.3) is 0 Å². The van der Waals surface area contributed by atoms with Gasteiger partial charge in [0.1, 0.15) is 0 Å². The number of carbonyl (C=O) groups excluding carboxylic acids is 1. The van der Waals surface area contributed by atoms with Gasteiger partial charge in [0.2, 0.25) is 0 Å². The van der Waals surface area contributed by atoms with E-state index in [1.807, 2.05) is 6.92 Å². The molecule has 0 aromatic carbocycles. The van der Waals surface area contributed by atoms with Crippen molar-refractivity contribution in [3.8, 4) is 0 Å². The Morgan fingerprint density at radius 2 is 2.32 bits per heavy atom. The van der Waals surface area contributed by atoms with Crippen LogP contribution in [0, 0.1) is 0 Å². The number of urea groups is 1. The fraction of sp³-hybridized carbons (Fsp3) is 0.833. The van der Waals surface area contributed by atoms with Crippen LogP contribution in [0.3, 0.4) is 0 Å². The molecular formula is C12H22N2O4S. The molecule has 0 spiro atoms. The summed E-state index contributed by atoms with van der Waals surface area (Å²) in [4.78, 5) is 24.3. The summed E-state index contributed by atoms with van der Waals surface area (Å²) in [5.74, 6) is 1.00. The largest absolute Gasteiger partial charge is 0.481 e. The number of aliphatic carboxylic acids is 1. The molecule has 19 heavy (non-hydrogen) atoms. The van der Waals surface area contributed by atoms with Crippen molar-refractivity contribution in [3.63, 3.8) is 0 Å². The number of hydrogen-bond acceptors (Lipinski definition) is 4. The first-order valence-corrected chi connectivity index (χ1v) is 7.65. The van der Waals surface area contributed by atoms with Crippen molar-refractivity contribution < 1.29 is 19.4 Å². The molecule has 0 saturated carbocycles. The lowest BCUT2D eigenvalue weighted by molar-refractivity contribution is -0.141. The van der Waals surface area contributed by atoms with Crippen molar-refractivity contribution in [2.45, 2.75) is 32.4 Å². The van der Waals surface area contributed by atoms with Crippen LogP contribution in [0.4, 0.5) is 4.79 Å². The van der Waals surface area contributed by atoms with Crippen molar-refractivity contribution in [1.82, 2.24) is 10.2 Å². The Hall–Kier alpha value is -0.950. The summed E-state index contributed by atoms with van der Waals surface area (Å²) in [6.07, 6.45) is -0.470. The van der Waals surface area contributed by atoms with Crippen molar-refractivity contribution >= 4 is 23.8 Å². The average molecular weight is 290 g/mol. The monoisotopic (exact) mass is 290 g/mol. The summed E-state index contributed by atoms with van der Waals surface area (Å²) < 4.78 is 5.33.